The molecule has 0 bridgehead atoms. The Labute approximate surface area is 95.7 Å². The van der Waals surface area contributed by atoms with Crippen molar-refractivity contribution in [3.8, 4) is 0 Å². The van der Waals surface area contributed by atoms with Crippen LogP contribution in [0.5, 0.6) is 0 Å². The summed E-state index contributed by atoms with van der Waals surface area (Å²) in [6.07, 6.45) is -3.82. The van der Waals surface area contributed by atoms with Crippen LogP contribution in [0.15, 0.2) is 16.7 Å². The first-order valence-corrected chi connectivity index (χ1v) is 4.86. The monoisotopic (exact) mass is 251 g/mol. The van der Waals surface area contributed by atoms with E-state index < -0.39 is 18.6 Å². The molecule has 0 spiro atoms. The van der Waals surface area contributed by atoms with Crippen LogP contribution in [-0.2, 0) is 11.3 Å². The van der Waals surface area contributed by atoms with Crippen LogP contribution in [0.1, 0.15) is 22.5 Å². The van der Waals surface area contributed by atoms with Crippen LogP contribution in [0, 0.1) is 0 Å². The second kappa shape index (κ2) is 5.72. The van der Waals surface area contributed by atoms with Crippen molar-refractivity contribution in [3.05, 3.63) is 23.7 Å². The van der Waals surface area contributed by atoms with Gasteiger partial charge in [0.15, 0.2) is 0 Å². The molecule has 0 saturated carbocycles. The number of carbonyl (C=O) groups is 1. The SMILES string of the molecule is COC(=O)c1occc1CNCCC(F)(F)F. The Kier molecular flexibility index (Phi) is 4.56. The number of hydrogen-bond donors (Lipinski definition) is 1. The Morgan fingerprint density at radius 3 is 2.82 bits per heavy atom. The summed E-state index contributed by atoms with van der Waals surface area (Å²) in [5.74, 6) is -0.644. The van der Waals surface area contributed by atoms with Gasteiger partial charge in [-0.1, -0.05) is 0 Å². The zero-order chi connectivity index (χ0) is 12.9. The highest BCUT2D eigenvalue weighted by Gasteiger charge is 2.26. The summed E-state index contributed by atoms with van der Waals surface area (Å²) in [6.45, 7) is -0.0910. The molecule has 0 aliphatic carbocycles. The van der Waals surface area contributed by atoms with Crippen LogP contribution in [0.4, 0.5) is 13.2 Å². The van der Waals surface area contributed by atoms with Crippen molar-refractivity contribution >= 4 is 5.97 Å². The number of halogens is 3. The lowest BCUT2D eigenvalue weighted by molar-refractivity contribution is -0.133. The standard InChI is InChI=1S/C10H12F3NO3/c1-16-9(15)8-7(2-5-17-8)6-14-4-3-10(11,12)13/h2,5,14H,3-4,6H2,1H3. The molecular weight excluding hydrogens is 239 g/mol. The number of hydrogen-bond acceptors (Lipinski definition) is 4. The maximum Gasteiger partial charge on any atom is 0.390 e. The Bertz CT molecular complexity index is 373. The predicted molar refractivity (Wildman–Crippen MR) is 52.4 cm³/mol. The molecule has 17 heavy (non-hydrogen) atoms. The average Bonchev–Trinajstić information content (AvgIpc) is 2.70. The van der Waals surface area contributed by atoms with Crippen LogP contribution in [0.25, 0.3) is 0 Å². The normalized spacial score (nSPS) is 11.5. The zero-order valence-corrected chi connectivity index (χ0v) is 9.13. The van der Waals surface area contributed by atoms with Crippen molar-refractivity contribution in [2.45, 2.75) is 19.1 Å². The van der Waals surface area contributed by atoms with E-state index in [0.29, 0.717) is 5.56 Å². The van der Waals surface area contributed by atoms with Gasteiger partial charge >= 0.3 is 12.1 Å². The molecule has 1 N–H and O–H groups in total. The van der Waals surface area contributed by atoms with E-state index in [2.05, 4.69) is 10.1 Å². The van der Waals surface area contributed by atoms with Gasteiger partial charge in [0, 0.05) is 18.7 Å². The molecule has 0 atom stereocenters. The second-order valence-corrected chi connectivity index (χ2v) is 3.31. The van der Waals surface area contributed by atoms with Gasteiger partial charge in [-0.3, -0.25) is 0 Å². The van der Waals surface area contributed by atoms with Gasteiger partial charge in [0.2, 0.25) is 5.76 Å². The summed E-state index contributed by atoms with van der Waals surface area (Å²) in [7, 11) is 1.20. The van der Waals surface area contributed by atoms with Gasteiger partial charge in [0.1, 0.15) is 0 Å². The lowest BCUT2D eigenvalue weighted by atomic mass is 10.2. The fraction of sp³-hybridized carbons (Fsp3) is 0.500. The molecule has 0 fully saturated rings. The number of rotatable bonds is 5. The third-order valence-electron chi connectivity index (χ3n) is 2.02. The minimum atomic E-state index is -4.19. The topological polar surface area (TPSA) is 51.5 Å². The largest absolute Gasteiger partial charge is 0.463 e. The van der Waals surface area contributed by atoms with Crippen molar-refractivity contribution in [2.75, 3.05) is 13.7 Å². The highest BCUT2D eigenvalue weighted by atomic mass is 19.4. The van der Waals surface area contributed by atoms with Crippen LogP contribution in [0.2, 0.25) is 0 Å². The first-order chi connectivity index (χ1) is 7.94. The molecule has 1 heterocycles. The van der Waals surface area contributed by atoms with Crippen LogP contribution < -0.4 is 5.32 Å². The highest BCUT2D eigenvalue weighted by Crippen LogP contribution is 2.18. The maximum absolute atomic E-state index is 11.9. The average molecular weight is 251 g/mol. The number of furan rings is 1. The summed E-state index contributed by atoms with van der Waals surface area (Å²) in [5.41, 5.74) is 0.471. The summed E-state index contributed by atoms with van der Waals surface area (Å²) < 4.78 is 44.9. The van der Waals surface area contributed by atoms with Crippen molar-refractivity contribution in [3.63, 3.8) is 0 Å². The quantitative estimate of drug-likeness (QED) is 0.643. The first kappa shape index (κ1) is 13.6. The van der Waals surface area contributed by atoms with E-state index in [4.69, 9.17) is 4.42 Å². The van der Waals surface area contributed by atoms with E-state index in [0.717, 1.165) is 0 Å². The minimum absolute atomic E-state index is 0.00649. The van der Waals surface area contributed by atoms with Crippen LogP contribution in [-0.4, -0.2) is 25.8 Å². The Balaban J connectivity index is 2.42. The van der Waals surface area contributed by atoms with Crippen LogP contribution in [0.3, 0.4) is 0 Å². The summed E-state index contributed by atoms with van der Waals surface area (Å²) >= 11 is 0. The van der Waals surface area contributed by atoms with Crippen LogP contribution >= 0.6 is 0 Å². The smallest absolute Gasteiger partial charge is 0.390 e. The molecule has 0 saturated heterocycles. The van der Waals surface area contributed by atoms with Gasteiger partial charge in [-0.05, 0) is 6.07 Å². The molecular formula is C10H12F3NO3. The first-order valence-electron chi connectivity index (χ1n) is 4.86. The molecule has 0 radical (unpaired) electrons. The lowest BCUT2D eigenvalue weighted by Gasteiger charge is -2.07. The van der Waals surface area contributed by atoms with E-state index >= 15 is 0 Å². The van der Waals surface area contributed by atoms with Gasteiger partial charge in [-0.15, -0.1) is 0 Å². The third kappa shape index (κ3) is 4.48. The maximum atomic E-state index is 11.9. The van der Waals surface area contributed by atoms with E-state index in [1.807, 2.05) is 0 Å². The Hall–Kier alpha value is -1.50. The molecule has 0 unspecified atom stereocenters. The van der Waals surface area contributed by atoms with Gasteiger partial charge in [-0.25, -0.2) is 4.79 Å². The summed E-state index contributed by atoms with van der Waals surface area (Å²) in [6, 6.07) is 1.51. The van der Waals surface area contributed by atoms with Crippen molar-refractivity contribution in [1.82, 2.24) is 5.32 Å². The molecule has 96 valence electrons. The Morgan fingerprint density at radius 2 is 2.24 bits per heavy atom. The Morgan fingerprint density at radius 1 is 1.53 bits per heavy atom. The molecule has 1 aromatic heterocycles. The van der Waals surface area contributed by atoms with Crippen molar-refractivity contribution in [1.29, 1.82) is 0 Å². The molecule has 1 rings (SSSR count). The van der Waals surface area contributed by atoms with Gasteiger partial charge in [-0.2, -0.15) is 13.2 Å². The number of esters is 1. The van der Waals surface area contributed by atoms with Gasteiger partial charge < -0.3 is 14.5 Å². The fourth-order valence-corrected chi connectivity index (χ4v) is 1.20. The highest BCUT2D eigenvalue weighted by molar-refractivity contribution is 5.87. The van der Waals surface area contributed by atoms with E-state index in [1.165, 1.54) is 19.4 Å². The molecule has 0 aliphatic heterocycles. The molecule has 7 heteroatoms. The minimum Gasteiger partial charge on any atom is -0.463 e. The fourth-order valence-electron chi connectivity index (χ4n) is 1.20. The van der Waals surface area contributed by atoms with Crippen molar-refractivity contribution in [2.24, 2.45) is 0 Å². The predicted octanol–water partition coefficient (Wildman–Crippen LogP) is 2.11. The lowest BCUT2D eigenvalue weighted by Crippen LogP contribution is -2.22. The zero-order valence-electron chi connectivity index (χ0n) is 9.13. The van der Waals surface area contributed by atoms with E-state index in [1.54, 1.807) is 0 Å². The summed E-state index contributed by atoms with van der Waals surface area (Å²) in [5, 5.41) is 2.58. The van der Waals surface area contributed by atoms with E-state index in [-0.39, 0.29) is 18.8 Å². The number of ether oxygens (including phenoxy) is 1. The summed E-state index contributed by atoms with van der Waals surface area (Å²) in [4.78, 5) is 11.2. The number of methoxy groups -OCH3 is 1. The molecule has 0 aromatic carbocycles. The number of nitrogens with one attached hydrogen (secondary N) is 1. The van der Waals surface area contributed by atoms with E-state index in [9.17, 15) is 18.0 Å². The molecule has 1 aromatic rings. The number of carbonyl (C=O) groups excluding carboxylic acids is 1. The van der Waals surface area contributed by atoms with Crippen molar-refractivity contribution < 1.29 is 27.1 Å². The molecule has 4 nitrogen and oxygen atoms in total. The number of alkyl halides is 3. The second-order valence-electron chi connectivity index (χ2n) is 3.31. The van der Waals surface area contributed by atoms with Gasteiger partial charge in [0.25, 0.3) is 0 Å². The molecule has 0 amide bonds. The van der Waals surface area contributed by atoms with Gasteiger partial charge in [0.05, 0.1) is 19.8 Å². The third-order valence-corrected chi connectivity index (χ3v) is 2.02. The molecule has 0 aliphatic rings.